The Hall–Kier alpha value is -7.22. The maximum absolute atomic E-state index is 2.42. The lowest BCUT2D eigenvalue weighted by molar-refractivity contribution is 0.660. The summed E-state index contributed by atoms with van der Waals surface area (Å²) in [6, 6.07) is 70.5. The van der Waals surface area contributed by atoms with Gasteiger partial charge < -0.3 is 4.90 Å². The van der Waals surface area contributed by atoms with Crippen LogP contribution < -0.4 is 4.90 Å². The lowest BCUT2D eigenvalue weighted by Crippen LogP contribution is -2.16. The molecule has 2 aliphatic rings. The van der Waals surface area contributed by atoms with E-state index < -0.39 is 0 Å². The van der Waals surface area contributed by atoms with Gasteiger partial charge in [-0.2, -0.15) is 0 Å². The molecule has 0 unspecified atom stereocenters. The van der Waals surface area contributed by atoms with E-state index >= 15 is 0 Å². The molecule has 0 atom stereocenters. The zero-order valence-electron chi connectivity index (χ0n) is 33.5. The van der Waals surface area contributed by atoms with Gasteiger partial charge >= 0.3 is 0 Å². The molecule has 0 amide bonds. The molecule has 59 heavy (non-hydrogen) atoms. The molecule has 0 saturated heterocycles. The normalized spacial score (nSPS) is 13.8. The van der Waals surface area contributed by atoms with Crippen LogP contribution in [0.5, 0.6) is 0 Å². The second kappa shape index (κ2) is 15.3. The number of allylic oxidation sites excluding steroid dienone is 1. The highest BCUT2D eigenvalue weighted by atomic mass is 15.1. The second-order valence-electron chi connectivity index (χ2n) is 16.2. The fraction of sp³-hybridized carbons (Fsp3) is 0.0690. The van der Waals surface area contributed by atoms with Gasteiger partial charge in [-0.3, -0.25) is 0 Å². The van der Waals surface area contributed by atoms with E-state index in [-0.39, 0.29) is 11.3 Å². The summed E-state index contributed by atoms with van der Waals surface area (Å²) in [5.74, 6) is 0.239. The molecule has 2 aliphatic carbocycles. The monoisotopic (exact) mass is 755 g/mol. The van der Waals surface area contributed by atoms with Gasteiger partial charge in [0.2, 0.25) is 0 Å². The first kappa shape index (κ1) is 36.1. The van der Waals surface area contributed by atoms with Crippen LogP contribution in [0.15, 0.2) is 200 Å². The smallest absolute Gasteiger partial charge is 0.0465 e. The molecule has 0 aliphatic heterocycles. The van der Waals surface area contributed by atoms with Gasteiger partial charge in [-0.25, -0.2) is 0 Å². The largest absolute Gasteiger partial charge is 0.310 e. The molecule has 0 spiro atoms. The molecule has 1 nitrogen and oxygen atoms in total. The minimum atomic E-state index is -0.166. The summed E-state index contributed by atoms with van der Waals surface area (Å²) < 4.78 is 0. The van der Waals surface area contributed by atoms with Crippen molar-refractivity contribution in [2.45, 2.75) is 25.2 Å². The summed E-state index contributed by atoms with van der Waals surface area (Å²) >= 11 is 0. The van der Waals surface area contributed by atoms with E-state index in [9.17, 15) is 0 Å². The van der Waals surface area contributed by atoms with Crippen molar-refractivity contribution in [3.8, 4) is 22.3 Å². The minimum absolute atomic E-state index is 0.166. The molecule has 1 heteroatoms. The van der Waals surface area contributed by atoms with Crippen molar-refractivity contribution >= 4 is 47.4 Å². The molecule has 8 aromatic carbocycles. The van der Waals surface area contributed by atoms with E-state index in [1.807, 2.05) is 0 Å². The molecule has 0 saturated carbocycles. The predicted octanol–water partition coefficient (Wildman–Crippen LogP) is 15.6. The van der Waals surface area contributed by atoms with Gasteiger partial charge in [0.15, 0.2) is 0 Å². The van der Waals surface area contributed by atoms with Crippen molar-refractivity contribution < 1.29 is 0 Å². The van der Waals surface area contributed by atoms with Crippen LogP contribution in [0.4, 0.5) is 17.1 Å². The van der Waals surface area contributed by atoms with Crippen LogP contribution in [-0.4, -0.2) is 0 Å². The van der Waals surface area contributed by atoms with Gasteiger partial charge in [0, 0.05) is 28.4 Å². The molecule has 0 heterocycles. The van der Waals surface area contributed by atoms with Crippen molar-refractivity contribution in [3.05, 3.63) is 250 Å². The number of hydrogen-bond donors (Lipinski definition) is 0. The zero-order chi connectivity index (χ0) is 39.8. The molecule has 0 bridgehead atoms. The van der Waals surface area contributed by atoms with Crippen molar-refractivity contribution in [3.63, 3.8) is 0 Å². The first-order valence-electron chi connectivity index (χ1n) is 20.6. The molecule has 0 radical (unpaired) electrons. The number of nitrogens with zero attached hydrogens (tertiary/aromatic N) is 1. The Kier molecular flexibility index (Phi) is 9.35. The van der Waals surface area contributed by atoms with Crippen molar-refractivity contribution in [2.24, 2.45) is 0 Å². The summed E-state index contributed by atoms with van der Waals surface area (Å²) in [6.07, 6.45) is 13.4. The third-order valence-electron chi connectivity index (χ3n) is 12.1. The quantitative estimate of drug-likeness (QED) is 0.133. The topological polar surface area (TPSA) is 3.24 Å². The highest BCUT2D eigenvalue weighted by Crippen LogP contribution is 2.51. The van der Waals surface area contributed by atoms with Crippen molar-refractivity contribution in [2.75, 3.05) is 4.90 Å². The number of benzene rings is 8. The molecule has 8 aromatic rings. The third-order valence-corrected chi connectivity index (χ3v) is 12.1. The van der Waals surface area contributed by atoms with E-state index in [1.165, 1.54) is 66.8 Å². The second-order valence-corrected chi connectivity index (χ2v) is 16.2. The molecule has 282 valence electrons. The Morgan fingerprint density at radius 1 is 0.356 bits per heavy atom. The van der Waals surface area contributed by atoms with Gasteiger partial charge in [-0.05, 0) is 109 Å². The summed E-state index contributed by atoms with van der Waals surface area (Å²) in [4.78, 5) is 2.40. The molecule has 10 rings (SSSR count). The highest BCUT2D eigenvalue weighted by molar-refractivity contribution is 5.87. The average Bonchev–Trinajstić information content (AvgIpc) is 3.73. The maximum Gasteiger partial charge on any atom is 0.0465 e. The Morgan fingerprint density at radius 3 is 1.32 bits per heavy atom. The van der Waals surface area contributed by atoms with E-state index in [0.717, 1.165) is 22.6 Å². The van der Waals surface area contributed by atoms with Gasteiger partial charge in [-0.15, -0.1) is 0 Å². The lowest BCUT2D eigenvalue weighted by Gasteiger charge is -2.28. The third kappa shape index (κ3) is 6.96. The highest BCUT2D eigenvalue weighted by Gasteiger charge is 2.36. The molecular formula is C58H45N. The Balaban J connectivity index is 0.987. The van der Waals surface area contributed by atoms with Crippen LogP contribution in [0, 0.1) is 0 Å². The van der Waals surface area contributed by atoms with E-state index in [1.54, 1.807) is 0 Å². The van der Waals surface area contributed by atoms with Crippen LogP contribution in [-0.2, 0) is 5.41 Å². The minimum Gasteiger partial charge on any atom is -0.310 e. The van der Waals surface area contributed by atoms with Crippen LogP contribution in [0.25, 0.3) is 52.6 Å². The fourth-order valence-corrected chi connectivity index (χ4v) is 9.02. The van der Waals surface area contributed by atoms with Crippen LogP contribution in [0.3, 0.4) is 0 Å². The maximum atomic E-state index is 2.42. The fourth-order valence-electron chi connectivity index (χ4n) is 9.02. The summed E-state index contributed by atoms with van der Waals surface area (Å²) in [5.41, 5.74) is 19.9. The van der Waals surface area contributed by atoms with Gasteiger partial charge in [0.05, 0.1) is 0 Å². The number of rotatable bonds is 9. The lowest BCUT2D eigenvalue weighted by atomic mass is 9.81. The summed E-state index contributed by atoms with van der Waals surface area (Å²) in [7, 11) is 0. The average molecular weight is 756 g/mol. The zero-order valence-corrected chi connectivity index (χ0v) is 33.5. The Bertz CT molecular complexity index is 2830. The molecule has 0 N–H and O–H groups in total. The Morgan fingerprint density at radius 2 is 0.763 bits per heavy atom. The van der Waals surface area contributed by atoms with Gasteiger partial charge in [0.1, 0.15) is 0 Å². The van der Waals surface area contributed by atoms with Crippen LogP contribution >= 0.6 is 0 Å². The van der Waals surface area contributed by atoms with Crippen molar-refractivity contribution in [1.29, 1.82) is 0 Å². The molecule has 0 aromatic heterocycles. The van der Waals surface area contributed by atoms with Crippen LogP contribution in [0.2, 0.25) is 0 Å². The first-order chi connectivity index (χ1) is 29.0. The molecule has 0 fully saturated rings. The molecular weight excluding hydrogens is 711 g/mol. The summed E-state index contributed by atoms with van der Waals surface area (Å²) in [6.45, 7) is 4.74. The first-order valence-corrected chi connectivity index (χ1v) is 20.6. The standard InChI is InChI=1S/C58H45N/c1-58(2)56-39-45(24-23-42-15-7-4-8-16-42)30-37-54(56)55-38-35-48(40-57(55)58)59(46-31-25-43(26-32-46)22-21-41-13-5-3-6-14-41)47-33-27-44(28-34-47)29-36-53-51-19-11-9-17-49(51)50-18-10-12-20-52(50)53/h3-40,53H,1-2H3. The van der Waals surface area contributed by atoms with Gasteiger partial charge in [-0.1, -0.05) is 208 Å². The SMILES string of the molecule is CC1(C)c2cc(C=Cc3ccccc3)ccc2-c2ccc(N(c3ccc(C=Cc4ccccc4)cc3)c3ccc(C=CC4c5ccccc5-c5ccccc54)cc3)cc21. The number of anilines is 3. The van der Waals surface area contributed by atoms with E-state index in [4.69, 9.17) is 0 Å². The van der Waals surface area contributed by atoms with Crippen molar-refractivity contribution in [1.82, 2.24) is 0 Å². The van der Waals surface area contributed by atoms with E-state index in [0.29, 0.717) is 0 Å². The number of hydrogen-bond acceptors (Lipinski definition) is 1. The van der Waals surface area contributed by atoms with Crippen LogP contribution in [0.1, 0.15) is 69.8 Å². The van der Waals surface area contributed by atoms with Gasteiger partial charge in [0.25, 0.3) is 0 Å². The van der Waals surface area contributed by atoms with E-state index in [2.05, 4.69) is 249 Å². The summed E-state index contributed by atoms with van der Waals surface area (Å²) in [5, 5.41) is 0. The Labute approximate surface area is 348 Å². The number of fused-ring (bicyclic) bond motifs is 6. The predicted molar refractivity (Wildman–Crippen MR) is 252 cm³/mol.